The highest BCUT2D eigenvalue weighted by Crippen LogP contribution is 2.28. The average molecular weight is 632 g/mol. The normalized spacial score (nSPS) is 17.5. The van der Waals surface area contributed by atoms with Gasteiger partial charge in [0.25, 0.3) is 0 Å². The summed E-state index contributed by atoms with van der Waals surface area (Å²) in [5.41, 5.74) is 4.43. The highest BCUT2D eigenvalue weighted by Gasteiger charge is 2.24. The maximum Gasteiger partial charge on any atom is 0.412 e. The number of aromatic nitrogens is 4. The molecule has 3 aromatic heterocycles. The monoisotopic (exact) mass is 631 g/mol. The molecule has 244 valence electrons. The number of methoxy groups -OCH3 is 1. The van der Waals surface area contributed by atoms with Crippen LogP contribution in [0.1, 0.15) is 36.8 Å². The Morgan fingerprint density at radius 1 is 1.04 bits per heavy atom. The van der Waals surface area contributed by atoms with E-state index in [-0.39, 0.29) is 18.4 Å². The molecule has 3 amide bonds. The Morgan fingerprint density at radius 3 is 2.57 bits per heavy atom. The molecule has 0 unspecified atom stereocenters. The fraction of sp³-hybridized carbons (Fsp3) is 0.500. The molecule has 2 fully saturated rings. The van der Waals surface area contributed by atoms with Crippen LogP contribution in [0.4, 0.5) is 16.4 Å². The number of aryl methyl sites for hydroxylation is 1. The summed E-state index contributed by atoms with van der Waals surface area (Å²) in [7, 11) is 1.30. The summed E-state index contributed by atoms with van der Waals surface area (Å²) in [6.07, 6.45) is 8.96. The smallest absolute Gasteiger partial charge is 0.412 e. The van der Waals surface area contributed by atoms with Crippen molar-refractivity contribution in [3.8, 4) is 11.4 Å². The molecule has 14 heteroatoms. The highest BCUT2D eigenvalue weighted by atomic mass is 16.5. The van der Waals surface area contributed by atoms with Gasteiger partial charge in [0, 0.05) is 69.3 Å². The standard InChI is InChI=1S/C32H41N9O5/c1-22-16-27(35-32(44)45-2)33-18-25(22)29-36-30(40-12-14-46-15-13-40)26-17-23(21-41(26)37-29)20-38-8-10-39(11-9-38)28(42)19-34-31(43)24-6-4-3-5-7-24/h6,16-18,21H,3-5,7-15,19-20H2,1-2H3,(H,34,43)(H,33,35,44). The van der Waals surface area contributed by atoms with Crippen molar-refractivity contribution in [2.75, 3.05) is 76.4 Å². The van der Waals surface area contributed by atoms with Crippen LogP contribution in [0.25, 0.3) is 16.9 Å². The topological polar surface area (TPSA) is 147 Å². The van der Waals surface area contributed by atoms with E-state index < -0.39 is 6.09 Å². The number of nitrogens with one attached hydrogen (secondary N) is 2. The van der Waals surface area contributed by atoms with Crippen LogP contribution in [-0.4, -0.2) is 113 Å². The van der Waals surface area contributed by atoms with Crippen LogP contribution in [0, 0.1) is 6.92 Å². The zero-order valence-electron chi connectivity index (χ0n) is 26.5. The number of morpholine rings is 1. The van der Waals surface area contributed by atoms with Crippen LogP contribution in [0.3, 0.4) is 0 Å². The number of piperazine rings is 1. The Balaban J connectivity index is 1.14. The summed E-state index contributed by atoms with van der Waals surface area (Å²) >= 11 is 0. The molecule has 3 aromatic rings. The minimum Gasteiger partial charge on any atom is -0.453 e. The predicted octanol–water partition coefficient (Wildman–Crippen LogP) is 2.38. The first-order chi connectivity index (χ1) is 22.4. The average Bonchev–Trinajstić information content (AvgIpc) is 3.50. The third kappa shape index (κ3) is 7.29. The third-order valence-corrected chi connectivity index (χ3v) is 8.69. The summed E-state index contributed by atoms with van der Waals surface area (Å²) in [6.45, 7) is 8.06. The minimum atomic E-state index is -0.587. The van der Waals surface area contributed by atoms with Crippen molar-refractivity contribution in [1.82, 2.24) is 34.7 Å². The van der Waals surface area contributed by atoms with Crippen LogP contribution in [0.15, 0.2) is 36.2 Å². The van der Waals surface area contributed by atoms with Gasteiger partial charge < -0.3 is 24.6 Å². The van der Waals surface area contributed by atoms with Gasteiger partial charge in [-0.1, -0.05) is 6.08 Å². The molecule has 14 nitrogen and oxygen atoms in total. The number of carbonyl (C=O) groups excluding carboxylic acids is 3. The van der Waals surface area contributed by atoms with Crippen LogP contribution in [-0.2, 0) is 25.6 Å². The number of anilines is 2. The Morgan fingerprint density at radius 2 is 1.85 bits per heavy atom. The van der Waals surface area contributed by atoms with Gasteiger partial charge in [-0.3, -0.25) is 19.8 Å². The molecular formula is C32H41N9O5. The third-order valence-electron chi connectivity index (χ3n) is 8.69. The fourth-order valence-electron chi connectivity index (χ4n) is 6.10. The van der Waals surface area contributed by atoms with Crippen molar-refractivity contribution in [2.45, 2.75) is 39.2 Å². The zero-order valence-corrected chi connectivity index (χ0v) is 26.5. The summed E-state index contributed by atoms with van der Waals surface area (Å²) in [5, 5.41) is 10.3. The molecule has 5 heterocycles. The number of rotatable bonds is 8. The van der Waals surface area contributed by atoms with Crippen molar-refractivity contribution in [3.05, 3.63) is 47.3 Å². The second kappa shape index (κ2) is 14.3. The van der Waals surface area contributed by atoms with Crippen LogP contribution >= 0.6 is 0 Å². The summed E-state index contributed by atoms with van der Waals surface area (Å²) < 4.78 is 12.2. The molecule has 0 spiro atoms. The van der Waals surface area contributed by atoms with Gasteiger partial charge in [-0.05, 0) is 55.9 Å². The lowest BCUT2D eigenvalue weighted by molar-refractivity contribution is -0.133. The Bertz CT molecular complexity index is 1620. The SMILES string of the molecule is COC(=O)Nc1cc(C)c(-c2nc(N3CCOCC3)c3cc(CN4CCN(C(=O)CNC(=O)C5=CCCCC5)CC4)cn3n2)cn1. The second-order valence-electron chi connectivity index (χ2n) is 11.9. The van der Waals surface area contributed by atoms with E-state index in [0.29, 0.717) is 44.5 Å². The lowest BCUT2D eigenvalue weighted by Gasteiger charge is -2.34. The molecule has 2 saturated heterocycles. The van der Waals surface area contributed by atoms with Crippen LogP contribution in [0.5, 0.6) is 0 Å². The maximum absolute atomic E-state index is 12.8. The Kier molecular flexibility index (Phi) is 9.73. The number of hydrogen-bond acceptors (Lipinski definition) is 10. The van der Waals surface area contributed by atoms with E-state index in [2.05, 4.69) is 36.2 Å². The van der Waals surface area contributed by atoms with Crippen LogP contribution < -0.4 is 15.5 Å². The second-order valence-corrected chi connectivity index (χ2v) is 11.9. The first-order valence-electron chi connectivity index (χ1n) is 15.9. The molecule has 1 aliphatic carbocycles. The highest BCUT2D eigenvalue weighted by molar-refractivity contribution is 5.95. The van der Waals surface area contributed by atoms with E-state index in [1.165, 1.54) is 7.11 Å². The molecule has 0 bridgehead atoms. The van der Waals surface area contributed by atoms with E-state index in [9.17, 15) is 14.4 Å². The van der Waals surface area contributed by atoms with Gasteiger partial charge in [0.15, 0.2) is 11.6 Å². The van der Waals surface area contributed by atoms with Gasteiger partial charge in [0.2, 0.25) is 11.8 Å². The molecule has 2 aliphatic heterocycles. The molecule has 0 saturated carbocycles. The van der Waals surface area contributed by atoms with Crippen molar-refractivity contribution in [1.29, 1.82) is 0 Å². The van der Waals surface area contributed by atoms with Crippen molar-refractivity contribution >= 4 is 35.1 Å². The number of fused-ring (bicyclic) bond motifs is 1. The number of nitrogens with zero attached hydrogens (tertiary/aromatic N) is 7. The molecule has 0 aromatic carbocycles. The molecular weight excluding hydrogens is 590 g/mol. The number of hydrogen-bond donors (Lipinski definition) is 2. The predicted molar refractivity (Wildman–Crippen MR) is 171 cm³/mol. The number of ether oxygens (including phenoxy) is 2. The minimum absolute atomic E-state index is 0.0336. The van der Waals surface area contributed by atoms with Crippen LogP contribution in [0.2, 0.25) is 0 Å². The van der Waals surface area contributed by atoms with Crippen molar-refractivity contribution in [3.63, 3.8) is 0 Å². The first-order valence-corrected chi connectivity index (χ1v) is 15.9. The maximum atomic E-state index is 12.8. The molecule has 0 radical (unpaired) electrons. The number of carbonyl (C=O) groups is 3. The first kappa shape index (κ1) is 31.4. The molecule has 0 atom stereocenters. The van der Waals surface area contributed by atoms with Gasteiger partial charge in [-0.2, -0.15) is 0 Å². The van der Waals surface area contributed by atoms with E-state index in [4.69, 9.17) is 14.8 Å². The fourth-order valence-corrected chi connectivity index (χ4v) is 6.10. The van der Waals surface area contributed by atoms with E-state index in [1.54, 1.807) is 12.3 Å². The van der Waals surface area contributed by atoms with Gasteiger partial charge in [-0.15, -0.1) is 5.10 Å². The molecule has 3 aliphatic rings. The van der Waals surface area contributed by atoms with E-state index in [0.717, 1.165) is 85.5 Å². The van der Waals surface area contributed by atoms with E-state index >= 15 is 0 Å². The number of allylic oxidation sites excluding steroid dienone is 1. The summed E-state index contributed by atoms with van der Waals surface area (Å²) in [6, 6.07) is 3.90. The quantitative estimate of drug-likeness (QED) is 0.380. The summed E-state index contributed by atoms with van der Waals surface area (Å²) in [5.74, 6) is 1.58. The zero-order chi connectivity index (χ0) is 32.0. The van der Waals surface area contributed by atoms with Gasteiger partial charge >= 0.3 is 6.09 Å². The Hall–Kier alpha value is -4.56. The van der Waals surface area contributed by atoms with Gasteiger partial charge in [0.1, 0.15) is 11.3 Å². The van der Waals surface area contributed by atoms with Gasteiger partial charge in [0.05, 0.1) is 26.9 Å². The molecule has 2 N–H and O–H groups in total. The summed E-state index contributed by atoms with van der Waals surface area (Å²) in [4.78, 5) is 52.6. The Labute approximate surface area is 267 Å². The van der Waals surface area contributed by atoms with Gasteiger partial charge in [-0.25, -0.2) is 19.3 Å². The molecule has 6 rings (SSSR count). The van der Waals surface area contributed by atoms with Crippen molar-refractivity contribution < 1.29 is 23.9 Å². The largest absolute Gasteiger partial charge is 0.453 e. The lowest BCUT2D eigenvalue weighted by atomic mass is 9.99. The van der Waals surface area contributed by atoms with Crippen molar-refractivity contribution in [2.24, 2.45) is 0 Å². The van der Waals surface area contributed by atoms with E-state index in [1.807, 2.05) is 28.6 Å². The molecule has 46 heavy (non-hydrogen) atoms. The number of amides is 3. The lowest BCUT2D eigenvalue weighted by Crippen LogP contribution is -2.50. The number of pyridine rings is 1.